The van der Waals surface area contributed by atoms with Gasteiger partial charge in [0.2, 0.25) is 11.4 Å². The number of rotatable bonds is 8. The molecule has 0 bridgehead atoms. The van der Waals surface area contributed by atoms with Crippen LogP contribution in [0.5, 0.6) is 0 Å². The second-order valence-corrected chi connectivity index (χ2v) is 16.4. The van der Waals surface area contributed by atoms with Crippen molar-refractivity contribution in [3.8, 4) is 6.07 Å². The summed E-state index contributed by atoms with van der Waals surface area (Å²) in [4.78, 5) is 3.31. The van der Waals surface area contributed by atoms with Gasteiger partial charge in [-0.3, -0.25) is 0 Å². The van der Waals surface area contributed by atoms with E-state index in [1.807, 2.05) is 30.4 Å². The average molecular weight is 726 g/mol. The van der Waals surface area contributed by atoms with Crippen LogP contribution < -0.4 is 10.3 Å². The predicted molar refractivity (Wildman–Crippen MR) is 217 cm³/mol. The van der Waals surface area contributed by atoms with Crippen molar-refractivity contribution in [1.29, 1.82) is 5.26 Å². The van der Waals surface area contributed by atoms with Gasteiger partial charge < -0.3 is 9.87 Å². The Morgan fingerprint density at radius 2 is 1.40 bits per heavy atom. The molecule has 4 aromatic rings. The van der Waals surface area contributed by atoms with Crippen LogP contribution in [0.1, 0.15) is 100 Å². The number of nitriles is 1. The van der Waals surface area contributed by atoms with Crippen LogP contribution in [-0.4, -0.2) is 18.7 Å². The predicted octanol–water partition coefficient (Wildman–Crippen LogP) is 9.60. The first kappa shape index (κ1) is 39.2. The summed E-state index contributed by atoms with van der Waals surface area (Å²) >= 11 is 0. The number of nitrogens with one attached hydrogen (secondary N) is 2. The number of anilines is 2. The smallest absolute Gasteiger partial charge is 0.210 e. The van der Waals surface area contributed by atoms with E-state index < -0.39 is 15.0 Å². The van der Waals surface area contributed by atoms with Crippen LogP contribution in [0.4, 0.5) is 17.1 Å². The molecule has 2 N–H and O–H groups in total. The molecule has 0 saturated heterocycles. The van der Waals surface area contributed by atoms with Gasteiger partial charge in [-0.2, -0.15) is 5.26 Å². The topological polar surface area (TPSA) is 107 Å². The summed E-state index contributed by atoms with van der Waals surface area (Å²) < 4.78 is 38.7. The van der Waals surface area contributed by atoms with Crippen molar-refractivity contribution in [1.82, 2.24) is 0 Å². The van der Waals surface area contributed by atoms with Crippen molar-refractivity contribution in [2.75, 3.05) is 5.32 Å². The quantitative estimate of drug-likeness (QED) is 0.176. The number of allylic oxidation sites excluding steroid dienone is 5. The summed E-state index contributed by atoms with van der Waals surface area (Å²) in [5.74, 6) is 0.216. The Morgan fingerprint density at radius 3 is 2.00 bits per heavy atom. The molecule has 274 valence electrons. The highest BCUT2D eigenvalue weighted by molar-refractivity contribution is 7.85. The number of nitrogens with zero attached hydrogens (tertiary/aromatic N) is 1. The third-order valence-electron chi connectivity index (χ3n) is 10.8. The Balaban J connectivity index is 1.80. The molecule has 7 heteroatoms. The zero-order valence-electron chi connectivity index (χ0n) is 33.1. The zero-order chi connectivity index (χ0) is 39.1. The highest BCUT2D eigenvalue weighted by Crippen LogP contribution is 2.40. The monoisotopic (exact) mass is 725 g/mol. The first-order valence-corrected chi connectivity index (χ1v) is 19.6. The Kier molecular flexibility index (Phi) is 11.2. The fourth-order valence-corrected chi connectivity index (χ4v) is 8.04. The van der Waals surface area contributed by atoms with Crippen molar-refractivity contribution in [3.63, 3.8) is 0 Å². The lowest BCUT2D eigenvalue weighted by atomic mass is 9.84. The van der Waals surface area contributed by atoms with Gasteiger partial charge in [0, 0.05) is 39.7 Å². The first-order chi connectivity index (χ1) is 24.8. The molecule has 4 aromatic carbocycles. The molecular formula is C46H51N3O3S. The van der Waals surface area contributed by atoms with Gasteiger partial charge in [0.25, 0.3) is 0 Å². The van der Waals surface area contributed by atoms with Crippen molar-refractivity contribution in [2.45, 2.75) is 93.9 Å². The second-order valence-electron chi connectivity index (χ2n) is 15.1. The van der Waals surface area contributed by atoms with E-state index in [1.54, 1.807) is 12.1 Å². The summed E-state index contributed by atoms with van der Waals surface area (Å²) in [7, 11) is -4.96. The molecule has 0 saturated carbocycles. The molecule has 0 spiro atoms. The maximum absolute atomic E-state index is 12.9. The lowest BCUT2D eigenvalue weighted by molar-refractivity contribution is -0.353. The van der Waals surface area contributed by atoms with Gasteiger partial charge in [0.15, 0.2) is 0 Å². The molecular weight excluding hydrogens is 675 g/mol. The summed E-state index contributed by atoms with van der Waals surface area (Å²) in [6, 6.07) is 16.9. The molecule has 0 aliphatic heterocycles. The molecule has 53 heavy (non-hydrogen) atoms. The number of benzene rings is 4. The minimum absolute atomic E-state index is 0.102. The lowest BCUT2D eigenvalue weighted by Gasteiger charge is -2.24. The SMILES string of the molecule is Cc1cc(C)c(Nc2ccc(C(=C3C=CC(=[NH+]c4c(C)cc(C)c(C)c4C)C(C(C)C)=C3)c3ccc(C#N)cc3S(=O)(=O)[O-])cc2C(C)C)c(C)c1C. The first-order valence-electron chi connectivity index (χ1n) is 18.2. The van der Waals surface area contributed by atoms with Gasteiger partial charge >= 0.3 is 0 Å². The Hall–Kier alpha value is -5.03. The molecule has 0 heterocycles. The third-order valence-corrected chi connectivity index (χ3v) is 11.7. The third kappa shape index (κ3) is 7.85. The Labute approximate surface area is 316 Å². The van der Waals surface area contributed by atoms with E-state index in [9.17, 15) is 18.2 Å². The van der Waals surface area contributed by atoms with Crippen molar-refractivity contribution < 1.29 is 18.0 Å². The summed E-state index contributed by atoms with van der Waals surface area (Å²) in [5.41, 5.74) is 18.3. The van der Waals surface area contributed by atoms with Crippen molar-refractivity contribution in [2.24, 2.45) is 5.92 Å². The molecule has 0 atom stereocenters. The van der Waals surface area contributed by atoms with Crippen LogP contribution in [0, 0.1) is 72.6 Å². The van der Waals surface area contributed by atoms with Gasteiger partial charge in [-0.25, -0.2) is 13.4 Å². The van der Waals surface area contributed by atoms with Crippen LogP contribution in [0.15, 0.2) is 82.8 Å². The van der Waals surface area contributed by atoms with E-state index in [0.29, 0.717) is 5.57 Å². The minimum atomic E-state index is -4.96. The molecule has 6 nitrogen and oxygen atoms in total. The number of hydrogen-bond donors (Lipinski definition) is 2. The van der Waals surface area contributed by atoms with Crippen LogP contribution in [0.25, 0.3) is 5.57 Å². The maximum Gasteiger partial charge on any atom is 0.210 e. The maximum atomic E-state index is 12.9. The fraction of sp³-hybridized carbons (Fsp3) is 0.304. The van der Waals surface area contributed by atoms with E-state index in [0.717, 1.165) is 56.2 Å². The summed E-state index contributed by atoms with van der Waals surface area (Å²) in [6.07, 6.45) is 6.12. The molecule has 0 aromatic heterocycles. The standard InChI is InChI=1S/C46H51N3O3S/c1-25(2)39-22-36(14-17-41(39)48-45-29(7)19-27(5)31(9)33(45)11)44(38-16-13-35(24-47)21-43(38)53(50,51)52)37-15-18-42(40(23-37)26(3)4)49-46-30(8)20-28(6)32(10)34(46)12/h13-23,25-26,48H,1-12H3,(H,50,51,52). The molecule has 0 radical (unpaired) electrons. The van der Waals surface area contributed by atoms with Gasteiger partial charge in [0.05, 0.1) is 16.5 Å². The summed E-state index contributed by atoms with van der Waals surface area (Å²) in [6.45, 7) is 25.6. The average Bonchev–Trinajstić information content (AvgIpc) is 3.10. The fourth-order valence-electron chi connectivity index (χ4n) is 7.32. The zero-order valence-corrected chi connectivity index (χ0v) is 33.9. The van der Waals surface area contributed by atoms with Gasteiger partial charge in [-0.05, 0) is 165 Å². The van der Waals surface area contributed by atoms with Crippen LogP contribution >= 0.6 is 0 Å². The normalized spacial score (nSPS) is 14.9. The van der Waals surface area contributed by atoms with Crippen LogP contribution in [0.3, 0.4) is 0 Å². The van der Waals surface area contributed by atoms with Crippen LogP contribution in [-0.2, 0) is 10.1 Å². The van der Waals surface area contributed by atoms with E-state index in [4.69, 9.17) is 0 Å². The number of aryl methyl sites for hydroxylation is 4. The lowest BCUT2D eigenvalue weighted by Crippen LogP contribution is -2.67. The van der Waals surface area contributed by atoms with Crippen molar-refractivity contribution in [3.05, 3.63) is 145 Å². The Morgan fingerprint density at radius 1 is 0.755 bits per heavy atom. The molecule has 1 aliphatic carbocycles. The Bertz CT molecular complexity index is 2430. The molecule has 5 rings (SSSR count). The van der Waals surface area contributed by atoms with Gasteiger partial charge in [0.1, 0.15) is 10.1 Å². The van der Waals surface area contributed by atoms with E-state index in [1.165, 1.54) is 39.4 Å². The van der Waals surface area contributed by atoms with Crippen molar-refractivity contribution >= 4 is 38.5 Å². The summed E-state index contributed by atoms with van der Waals surface area (Å²) in [5, 5.41) is 13.4. The highest BCUT2D eigenvalue weighted by Gasteiger charge is 2.25. The molecule has 0 amide bonds. The molecule has 1 aliphatic rings. The largest absolute Gasteiger partial charge is 0.744 e. The van der Waals surface area contributed by atoms with E-state index in [2.05, 4.69) is 118 Å². The van der Waals surface area contributed by atoms with Gasteiger partial charge in [-0.1, -0.05) is 45.9 Å². The highest BCUT2D eigenvalue weighted by atomic mass is 32.2. The molecule has 0 fully saturated rings. The number of hydrogen-bond acceptors (Lipinski definition) is 5. The minimum Gasteiger partial charge on any atom is -0.744 e. The van der Waals surface area contributed by atoms with E-state index >= 15 is 0 Å². The van der Waals surface area contributed by atoms with Gasteiger partial charge in [-0.15, -0.1) is 0 Å². The van der Waals surface area contributed by atoms with E-state index in [-0.39, 0.29) is 23.0 Å². The second kappa shape index (κ2) is 15.1. The van der Waals surface area contributed by atoms with Crippen LogP contribution in [0.2, 0.25) is 0 Å². The molecule has 0 unspecified atom stereocenters.